The number of carbonyl (C=O) groups is 2. The molecule has 0 radical (unpaired) electrons. The Morgan fingerprint density at radius 1 is 1.32 bits per heavy atom. The van der Waals surface area contributed by atoms with E-state index in [9.17, 15) is 14.0 Å². The van der Waals surface area contributed by atoms with Crippen molar-refractivity contribution in [3.63, 3.8) is 0 Å². The Bertz CT molecular complexity index is 613. The third-order valence-corrected chi connectivity index (χ3v) is 4.06. The van der Waals surface area contributed by atoms with Crippen LogP contribution in [0.25, 0.3) is 0 Å². The van der Waals surface area contributed by atoms with E-state index in [4.69, 9.17) is 11.6 Å². The standard InChI is InChI=1S/C16H20ClFN2O2/c1-10-14(21)20(11-5-6-13(18)12(17)9-11)8-7-19(10)15(22)16(2,3)4/h5-6,9-10H,7-8H2,1-4H3. The second-order valence-electron chi connectivity index (χ2n) is 6.51. The molecule has 4 nitrogen and oxygen atoms in total. The lowest BCUT2D eigenvalue weighted by Crippen LogP contribution is -2.59. The van der Waals surface area contributed by atoms with Crippen molar-refractivity contribution in [1.29, 1.82) is 0 Å². The topological polar surface area (TPSA) is 40.6 Å². The number of halogens is 2. The third kappa shape index (κ3) is 3.09. The molecule has 1 atom stereocenters. The molecule has 1 heterocycles. The zero-order valence-electron chi connectivity index (χ0n) is 13.2. The number of anilines is 1. The van der Waals surface area contributed by atoms with Crippen molar-refractivity contribution in [2.75, 3.05) is 18.0 Å². The van der Waals surface area contributed by atoms with Crippen molar-refractivity contribution in [1.82, 2.24) is 4.90 Å². The minimum absolute atomic E-state index is 0.0221. The fourth-order valence-corrected chi connectivity index (χ4v) is 2.66. The molecule has 0 spiro atoms. The molecular weight excluding hydrogens is 307 g/mol. The van der Waals surface area contributed by atoms with E-state index in [1.54, 1.807) is 16.7 Å². The third-order valence-electron chi connectivity index (χ3n) is 3.77. The number of rotatable bonds is 1. The first-order valence-corrected chi connectivity index (χ1v) is 7.58. The summed E-state index contributed by atoms with van der Waals surface area (Å²) in [5.74, 6) is -0.760. The molecule has 0 bridgehead atoms. The van der Waals surface area contributed by atoms with Crippen LogP contribution in [-0.2, 0) is 9.59 Å². The predicted molar refractivity (Wildman–Crippen MR) is 84.4 cm³/mol. The zero-order valence-corrected chi connectivity index (χ0v) is 13.9. The fraction of sp³-hybridized carbons (Fsp3) is 0.500. The lowest BCUT2D eigenvalue weighted by Gasteiger charge is -2.41. The van der Waals surface area contributed by atoms with Crippen LogP contribution in [0.5, 0.6) is 0 Å². The maximum absolute atomic E-state index is 13.3. The van der Waals surface area contributed by atoms with Gasteiger partial charge in [0, 0.05) is 24.2 Å². The monoisotopic (exact) mass is 326 g/mol. The van der Waals surface area contributed by atoms with Crippen LogP contribution in [0.3, 0.4) is 0 Å². The molecule has 1 saturated heterocycles. The second kappa shape index (κ2) is 5.88. The molecule has 0 aliphatic carbocycles. The Labute approximate surface area is 134 Å². The van der Waals surface area contributed by atoms with Crippen LogP contribution in [0.15, 0.2) is 18.2 Å². The van der Waals surface area contributed by atoms with Gasteiger partial charge in [-0.1, -0.05) is 32.4 Å². The van der Waals surface area contributed by atoms with Gasteiger partial charge in [0.2, 0.25) is 11.8 Å². The van der Waals surface area contributed by atoms with Crippen LogP contribution in [0.2, 0.25) is 5.02 Å². The zero-order chi connectivity index (χ0) is 16.7. The Morgan fingerprint density at radius 3 is 2.50 bits per heavy atom. The summed E-state index contributed by atoms with van der Waals surface area (Å²) in [6.07, 6.45) is 0. The number of hydrogen-bond acceptors (Lipinski definition) is 2. The normalized spacial score (nSPS) is 19.5. The molecular formula is C16H20ClFN2O2. The second-order valence-corrected chi connectivity index (χ2v) is 6.92. The highest BCUT2D eigenvalue weighted by Gasteiger charge is 2.38. The van der Waals surface area contributed by atoms with Crippen molar-refractivity contribution in [2.45, 2.75) is 33.7 Å². The summed E-state index contributed by atoms with van der Waals surface area (Å²) < 4.78 is 13.3. The number of amides is 2. The lowest BCUT2D eigenvalue weighted by atomic mass is 9.93. The van der Waals surface area contributed by atoms with Crippen LogP contribution in [0.1, 0.15) is 27.7 Å². The Hall–Kier alpha value is -1.62. The van der Waals surface area contributed by atoms with Gasteiger partial charge < -0.3 is 9.80 Å². The van der Waals surface area contributed by atoms with Gasteiger partial charge >= 0.3 is 0 Å². The van der Waals surface area contributed by atoms with Gasteiger partial charge in [-0.25, -0.2) is 4.39 Å². The largest absolute Gasteiger partial charge is 0.329 e. The molecule has 1 aromatic carbocycles. The van der Waals surface area contributed by atoms with E-state index in [1.807, 2.05) is 20.8 Å². The molecule has 0 aromatic heterocycles. The summed E-state index contributed by atoms with van der Waals surface area (Å²) >= 11 is 5.78. The molecule has 0 N–H and O–H groups in total. The highest BCUT2D eigenvalue weighted by atomic mass is 35.5. The number of hydrogen-bond donors (Lipinski definition) is 0. The minimum atomic E-state index is -0.552. The SMILES string of the molecule is CC1C(=O)N(c2ccc(F)c(Cl)c2)CCN1C(=O)C(C)(C)C. The minimum Gasteiger partial charge on any atom is -0.329 e. The maximum atomic E-state index is 13.3. The van der Waals surface area contributed by atoms with Gasteiger partial charge in [0.1, 0.15) is 11.9 Å². The van der Waals surface area contributed by atoms with E-state index in [1.165, 1.54) is 18.2 Å². The quantitative estimate of drug-likeness (QED) is 0.795. The number of piperazine rings is 1. The van der Waals surface area contributed by atoms with E-state index >= 15 is 0 Å². The van der Waals surface area contributed by atoms with Crippen LogP contribution >= 0.6 is 11.6 Å². The first kappa shape index (κ1) is 16.7. The van der Waals surface area contributed by atoms with Crippen molar-refractivity contribution in [3.8, 4) is 0 Å². The van der Waals surface area contributed by atoms with Gasteiger partial charge in [-0.2, -0.15) is 0 Å². The molecule has 2 rings (SSSR count). The summed E-state index contributed by atoms with van der Waals surface area (Å²) in [4.78, 5) is 28.1. The molecule has 22 heavy (non-hydrogen) atoms. The van der Waals surface area contributed by atoms with E-state index in [0.29, 0.717) is 18.8 Å². The van der Waals surface area contributed by atoms with Crippen molar-refractivity contribution in [3.05, 3.63) is 29.0 Å². The highest BCUT2D eigenvalue weighted by Crippen LogP contribution is 2.27. The molecule has 1 aliphatic heterocycles. The molecule has 0 saturated carbocycles. The van der Waals surface area contributed by atoms with Crippen molar-refractivity contribution in [2.24, 2.45) is 5.41 Å². The Balaban J connectivity index is 2.22. The fourth-order valence-electron chi connectivity index (χ4n) is 2.49. The summed E-state index contributed by atoms with van der Waals surface area (Å²) in [6.45, 7) is 8.02. The van der Waals surface area contributed by atoms with Crippen molar-refractivity contribution >= 4 is 29.1 Å². The first-order valence-electron chi connectivity index (χ1n) is 7.20. The van der Waals surface area contributed by atoms with E-state index < -0.39 is 17.3 Å². The van der Waals surface area contributed by atoms with E-state index in [2.05, 4.69) is 0 Å². The molecule has 120 valence electrons. The summed E-state index contributed by atoms with van der Waals surface area (Å²) in [6, 6.07) is 3.64. The molecule has 1 unspecified atom stereocenters. The number of carbonyl (C=O) groups excluding carboxylic acids is 2. The van der Waals surface area contributed by atoms with E-state index in [0.717, 1.165) is 0 Å². The number of nitrogens with zero attached hydrogens (tertiary/aromatic N) is 2. The first-order chi connectivity index (χ1) is 10.1. The van der Waals surface area contributed by atoms with Crippen LogP contribution in [0, 0.1) is 11.2 Å². The molecule has 1 aliphatic rings. The molecule has 2 amide bonds. The van der Waals surface area contributed by atoms with Gasteiger partial charge in [0.05, 0.1) is 5.02 Å². The molecule has 1 aromatic rings. The van der Waals surface area contributed by atoms with Crippen LogP contribution in [-0.4, -0.2) is 35.8 Å². The van der Waals surface area contributed by atoms with Gasteiger partial charge in [-0.15, -0.1) is 0 Å². The average Bonchev–Trinajstić information content (AvgIpc) is 2.43. The Kier molecular flexibility index (Phi) is 4.47. The van der Waals surface area contributed by atoms with Gasteiger partial charge in [0.15, 0.2) is 0 Å². The lowest BCUT2D eigenvalue weighted by molar-refractivity contribution is -0.147. The summed E-state index contributed by atoms with van der Waals surface area (Å²) in [7, 11) is 0. The Morgan fingerprint density at radius 2 is 1.95 bits per heavy atom. The highest BCUT2D eigenvalue weighted by molar-refractivity contribution is 6.31. The predicted octanol–water partition coefficient (Wildman–Crippen LogP) is 3.09. The number of benzene rings is 1. The molecule has 1 fully saturated rings. The average molecular weight is 327 g/mol. The van der Waals surface area contributed by atoms with Crippen LogP contribution < -0.4 is 4.90 Å². The van der Waals surface area contributed by atoms with E-state index in [-0.39, 0.29) is 16.8 Å². The van der Waals surface area contributed by atoms with Crippen molar-refractivity contribution < 1.29 is 14.0 Å². The summed E-state index contributed by atoms with van der Waals surface area (Å²) in [5, 5.41) is -0.0221. The summed E-state index contributed by atoms with van der Waals surface area (Å²) in [5.41, 5.74) is 0.0155. The van der Waals surface area contributed by atoms with Crippen LogP contribution in [0.4, 0.5) is 10.1 Å². The van der Waals surface area contributed by atoms with Gasteiger partial charge in [-0.05, 0) is 25.1 Å². The van der Waals surface area contributed by atoms with Gasteiger partial charge in [-0.3, -0.25) is 9.59 Å². The molecule has 6 heteroatoms. The van der Waals surface area contributed by atoms with Gasteiger partial charge in [0.25, 0.3) is 0 Å². The smallest absolute Gasteiger partial charge is 0.249 e. The maximum Gasteiger partial charge on any atom is 0.249 e.